The second-order valence-corrected chi connectivity index (χ2v) is 6.54. The average Bonchev–Trinajstić information content (AvgIpc) is 2.33. The van der Waals surface area contributed by atoms with E-state index in [-0.39, 0.29) is 23.2 Å². The van der Waals surface area contributed by atoms with E-state index in [4.69, 9.17) is 5.73 Å². The van der Waals surface area contributed by atoms with E-state index in [1.165, 1.54) is 6.07 Å². The Hall–Kier alpha value is -1.70. The summed E-state index contributed by atoms with van der Waals surface area (Å²) >= 11 is 0. The molecule has 0 saturated carbocycles. The van der Waals surface area contributed by atoms with Gasteiger partial charge in [-0.05, 0) is 25.0 Å². The number of sulfone groups is 1. The van der Waals surface area contributed by atoms with Crippen molar-refractivity contribution >= 4 is 21.6 Å². The normalized spacial score (nSPS) is 19.3. The first kappa shape index (κ1) is 12.7. The molecule has 2 rings (SSSR count). The van der Waals surface area contributed by atoms with Crippen molar-refractivity contribution in [2.45, 2.75) is 18.9 Å². The van der Waals surface area contributed by atoms with Crippen LogP contribution in [0.15, 0.2) is 12.1 Å². The van der Waals surface area contributed by atoms with Crippen LogP contribution in [0, 0.1) is 0 Å². The lowest BCUT2D eigenvalue weighted by Crippen LogP contribution is -2.32. The number of aromatic nitrogens is 2. The highest BCUT2D eigenvalue weighted by molar-refractivity contribution is 7.91. The summed E-state index contributed by atoms with van der Waals surface area (Å²) in [7, 11) is -2.86. The molecule has 0 spiro atoms. The van der Waals surface area contributed by atoms with Crippen LogP contribution >= 0.6 is 0 Å². The molecule has 1 aromatic rings. The van der Waals surface area contributed by atoms with Crippen molar-refractivity contribution in [1.29, 1.82) is 0 Å². The van der Waals surface area contributed by atoms with Crippen molar-refractivity contribution in [2.75, 3.05) is 16.8 Å². The first-order valence-corrected chi connectivity index (χ1v) is 7.39. The Bertz CT molecular complexity index is 527. The molecule has 0 unspecified atom stereocenters. The number of amides is 1. The van der Waals surface area contributed by atoms with Crippen molar-refractivity contribution in [3.63, 3.8) is 0 Å². The number of carbonyl (C=O) groups excluding carboxylic acids is 1. The predicted molar refractivity (Wildman–Crippen MR) is 65.8 cm³/mol. The maximum absolute atomic E-state index is 11.3. The van der Waals surface area contributed by atoms with Crippen molar-refractivity contribution < 1.29 is 13.2 Å². The summed E-state index contributed by atoms with van der Waals surface area (Å²) in [4.78, 5) is 10.8. The SMILES string of the molecule is NC(=O)c1ccc(NC2CCS(=O)(=O)CC2)nn1. The van der Waals surface area contributed by atoms with Crippen molar-refractivity contribution in [3.8, 4) is 0 Å². The number of nitrogens with zero attached hydrogens (tertiary/aromatic N) is 2. The fourth-order valence-electron chi connectivity index (χ4n) is 1.78. The Balaban J connectivity index is 1.96. The summed E-state index contributed by atoms with van der Waals surface area (Å²) in [6.45, 7) is 0. The van der Waals surface area contributed by atoms with Gasteiger partial charge < -0.3 is 11.1 Å². The van der Waals surface area contributed by atoms with Gasteiger partial charge in [0.15, 0.2) is 5.69 Å². The summed E-state index contributed by atoms with van der Waals surface area (Å²) in [6, 6.07) is 3.16. The molecule has 0 bridgehead atoms. The van der Waals surface area contributed by atoms with E-state index in [0.29, 0.717) is 18.7 Å². The Morgan fingerprint density at radius 3 is 2.44 bits per heavy atom. The largest absolute Gasteiger partial charge is 0.366 e. The molecule has 0 radical (unpaired) electrons. The van der Waals surface area contributed by atoms with Crippen LogP contribution in [0.5, 0.6) is 0 Å². The summed E-state index contributed by atoms with van der Waals surface area (Å²) in [5.74, 6) is 0.275. The summed E-state index contributed by atoms with van der Waals surface area (Å²) in [6.07, 6.45) is 1.11. The van der Waals surface area contributed by atoms with Crippen LogP contribution in [0.25, 0.3) is 0 Å². The fraction of sp³-hybridized carbons (Fsp3) is 0.500. The zero-order valence-corrected chi connectivity index (χ0v) is 10.5. The van der Waals surface area contributed by atoms with Gasteiger partial charge in [-0.2, -0.15) is 0 Å². The maximum atomic E-state index is 11.3. The Morgan fingerprint density at radius 2 is 1.94 bits per heavy atom. The van der Waals surface area contributed by atoms with E-state index in [9.17, 15) is 13.2 Å². The van der Waals surface area contributed by atoms with Crippen LogP contribution in [0.1, 0.15) is 23.3 Å². The highest BCUT2D eigenvalue weighted by Crippen LogP contribution is 2.16. The second kappa shape index (κ2) is 4.89. The van der Waals surface area contributed by atoms with Gasteiger partial charge >= 0.3 is 0 Å². The third kappa shape index (κ3) is 3.16. The van der Waals surface area contributed by atoms with Gasteiger partial charge in [0.1, 0.15) is 15.7 Å². The first-order valence-electron chi connectivity index (χ1n) is 5.57. The Morgan fingerprint density at radius 1 is 1.28 bits per heavy atom. The molecule has 1 aromatic heterocycles. The number of hydrogen-bond acceptors (Lipinski definition) is 6. The monoisotopic (exact) mass is 270 g/mol. The lowest BCUT2D eigenvalue weighted by Gasteiger charge is -2.23. The lowest BCUT2D eigenvalue weighted by molar-refractivity contribution is 0.0994. The number of primary amides is 1. The molecule has 2 heterocycles. The quantitative estimate of drug-likeness (QED) is 0.769. The lowest BCUT2D eigenvalue weighted by atomic mass is 10.1. The van der Waals surface area contributed by atoms with E-state index in [1.807, 2.05) is 0 Å². The molecule has 8 heteroatoms. The predicted octanol–water partition coefficient (Wildman–Crippen LogP) is -0.435. The average molecular weight is 270 g/mol. The zero-order valence-electron chi connectivity index (χ0n) is 9.67. The number of nitrogens with one attached hydrogen (secondary N) is 1. The molecular weight excluding hydrogens is 256 g/mol. The number of nitrogens with two attached hydrogens (primary N) is 1. The maximum Gasteiger partial charge on any atom is 0.269 e. The molecule has 98 valence electrons. The third-order valence-electron chi connectivity index (χ3n) is 2.82. The summed E-state index contributed by atoms with van der Waals surface area (Å²) < 4.78 is 22.5. The van der Waals surface area contributed by atoms with Gasteiger partial charge in [-0.25, -0.2) is 8.42 Å². The molecule has 3 N–H and O–H groups in total. The van der Waals surface area contributed by atoms with E-state index >= 15 is 0 Å². The zero-order chi connectivity index (χ0) is 13.2. The smallest absolute Gasteiger partial charge is 0.269 e. The van der Waals surface area contributed by atoms with Gasteiger partial charge in [-0.1, -0.05) is 0 Å². The molecule has 0 aliphatic carbocycles. The van der Waals surface area contributed by atoms with E-state index in [0.717, 1.165) is 0 Å². The van der Waals surface area contributed by atoms with Crippen molar-refractivity contribution in [1.82, 2.24) is 10.2 Å². The molecule has 1 saturated heterocycles. The van der Waals surface area contributed by atoms with Gasteiger partial charge in [0.2, 0.25) is 0 Å². The molecular formula is C10H14N4O3S. The molecule has 7 nitrogen and oxygen atoms in total. The number of carbonyl (C=O) groups is 1. The molecule has 0 aromatic carbocycles. The molecule has 1 aliphatic heterocycles. The van der Waals surface area contributed by atoms with Gasteiger partial charge in [-0.3, -0.25) is 4.79 Å². The molecule has 1 fully saturated rings. The number of hydrogen-bond donors (Lipinski definition) is 2. The van der Waals surface area contributed by atoms with Crippen LogP contribution in [0.3, 0.4) is 0 Å². The number of rotatable bonds is 3. The minimum atomic E-state index is -2.86. The van der Waals surface area contributed by atoms with Crippen LogP contribution in [-0.4, -0.2) is 42.1 Å². The number of anilines is 1. The standard InChI is InChI=1S/C10H14N4O3S/c11-10(15)8-1-2-9(14-13-8)12-7-3-5-18(16,17)6-4-7/h1-2,7H,3-6H2,(H2,11,15)(H,12,14). The minimum absolute atomic E-state index is 0.0715. The van der Waals surface area contributed by atoms with Crippen LogP contribution < -0.4 is 11.1 Å². The van der Waals surface area contributed by atoms with E-state index < -0.39 is 15.7 Å². The molecule has 1 amide bonds. The van der Waals surface area contributed by atoms with Crippen LogP contribution in [-0.2, 0) is 9.84 Å². The van der Waals surface area contributed by atoms with Gasteiger partial charge in [-0.15, -0.1) is 10.2 Å². The second-order valence-electron chi connectivity index (χ2n) is 4.24. The molecule has 0 atom stereocenters. The highest BCUT2D eigenvalue weighted by Gasteiger charge is 2.23. The van der Waals surface area contributed by atoms with Gasteiger partial charge in [0, 0.05) is 6.04 Å². The van der Waals surface area contributed by atoms with Crippen LogP contribution in [0.2, 0.25) is 0 Å². The third-order valence-corrected chi connectivity index (χ3v) is 4.54. The van der Waals surface area contributed by atoms with Gasteiger partial charge in [0.05, 0.1) is 11.5 Å². The van der Waals surface area contributed by atoms with Gasteiger partial charge in [0.25, 0.3) is 5.91 Å². The van der Waals surface area contributed by atoms with Crippen molar-refractivity contribution in [3.05, 3.63) is 17.8 Å². The summed E-state index contributed by atoms with van der Waals surface area (Å²) in [5.41, 5.74) is 5.15. The van der Waals surface area contributed by atoms with E-state index in [1.54, 1.807) is 6.07 Å². The molecule has 18 heavy (non-hydrogen) atoms. The Kier molecular flexibility index (Phi) is 3.46. The van der Waals surface area contributed by atoms with Crippen LogP contribution in [0.4, 0.5) is 5.82 Å². The minimum Gasteiger partial charge on any atom is -0.366 e. The summed E-state index contributed by atoms with van der Waals surface area (Å²) in [5, 5.41) is 10.6. The highest BCUT2D eigenvalue weighted by atomic mass is 32.2. The molecule has 1 aliphatic rings. The fourth-order valence-corrected chi connectivity index (χ4v) is 3.28. The van der Waals surface area contributed by atoms with E-state index in [2.05, 4.69) is 15.5 Å². The Labute approximate surface area is 105 Å². The topological polar surface area (TPSA) is 115 Å². The first-order chi connectivity index (χ1) is 8.46. The van der Waals surface area contributed by atoms with Crippen molar-refractivity contribution in [2.24, 2.45) is 5.73 Å².